The number of sulfonamides is 1. The van der Waals surface area contributed by atoms with Crippen LogP contribution in [0, 0.1) is 10.1 Å². The number of nitro groups is 1. The minimum atomic E-state index is -3.79. The molecule has 1 N–H and O–H groups in total. The summed E-state index contributed by atoms with van der Waals surface area (Å²) in [6.07, 6.45) is 0. The summed E-state index contributed by atoms with van der Waals surface area (Å²) in [6.45, 7) is 0. The van der Waals surface area contributed by atoms with E-state index >= 15 is 0 Å². The second-order valence-corrected chi connectivity index (χ2v) is 5.83. The molecule has 2 rings (SSSR count). The van der Waals surface area contributed by atoms with Crippen LogP contribution in [0.3, 0.4) is 0 Å². The van der Waals surface area contributed by atoms with E-state index < -0.39 is 14.9 Å². The average Bonchev–Trinajstić information content (AvgIpc) is 2.81. The Morgan fingerprint density at radius 1 is 1.28 bits per heavy atom. The first-order chi connectivity index (χ1) is 8.49. The van der Waals surface area contributed by atoms with Gasteiger partial charge >= 0.3 is 0 Å². The smallest absolute Gasteiger partial charge is 0.270 e. The van der Waals surface area contributed by atoms with Crippen LogP contribution in [0.1, 0.15) is 0 Å². The van der Waals surface area contributed by atoms with Crippen molar-refractivity contribution in [3.8, 4) is 0 Å². The van der Waals surface area contributed by atoms with E-state index in [1.165, 1.54) is 29.5 Å². The predicted molar refractivity (Wildman–Crippen MR) is 68.2 cm³/mol. The Labute approximate surface area is 107 Å². The molecular formula is C10H8N2O4S2. The third-order valence-electron chi connectivity index (χ3n) is 2.11. The Balaban J connectivity index is 2.35. The van der Waals surface area contributed by atoms with Crippen molar-refractivity contribution < 1.29 is 13.3 Å². The van der Waals surface area contributed by atoms with Crippen molar-refractivity contribution in [2.24, 2.45) is 0 Å². The molecule has 2 aromatic rings. The first-order valence-corrected chi connectivity index (χ1v) is 7.21. The molecule has 0 saturated heterocycles. The third-order valence-corrected chi connectivity index (χ3v) is 4.17. The lowest BCUT2D eigenvalue weighted by Crippen LogP contribution is -2.12. The van der Waals surface area contributed by atoms with Gasteiger partial charge in [-0.2, -0.15) is 11.3 Å². The number of nitro benzene ring substituents is 1. The van der Waals surface area contributed by atoms with Gasteiger partial charge in [-0.05, 0) is 17.5 Å². The van der Waals surface area contributed by atoms with Gasteiger partial charge < -0.3 is 0 Å². The molecule has 0 spiro atoms. The SMILES string of the molecule is O=[N+]([O-])c1cccc(S(=O)(=O)Nc2ccsc2)c1. The molecule has 0 atom stereocenters. The summed E-state index contributed by atoms with van der Waals surface area (Å²) in [5.41, 5.74) is 0.176. The summed E-state index contributed by atoms with van der Waals surface area (Å²) < 4.78 is 26.2. The van der Waals surface area contributed by atoms with Crippen molar-refractivity contribution in [3.05, 3.63) is 51.2 Å². The lowest BCUT2D eigenvalue weighted by molar-refractivity contribution is -0.385. The molecule has 0 amide bonds. The van der Waals surface area contributed by atoms with Gasteiger partial charge in [0.2, 0.25) is 0 Å². The molecule has 1 aromatic heterocycles. The highest BCUT2D eigenvalue weighted by atomic mass is 32.2. The normalized spacial score (nSPS) is 11.1. The van der Waals surface area contributed by atoms with Crippen molar-refractivity contribution >= 4 is 32.7 Å². The summed E-state index contributed by atoms with van der Waals surface area (Å²) >= 11 is 1.35. The number of nitrogens with one attached hydrogen (secondary N) is 1. The largest absolute Gasteiger partial charge is 0.279 e. The van der Waals surface area contributed by atoms with Crippen LogP contribution in [0.25, 0.3) is 0 Å². The number of non-ortho nitro benzene ring substituents is 1. The van der Waals surface area contributed by atoms with E-state index in [1.54, 1.807) is 16.8 Å². The number of hydrogen-bond acceptors (Lipinski definition) is 5. The van der Waals surface area contributed by atoms with Crippen molar-refractivity contribution in [1.82, 2.24) is 0 Å². The minimum Gasteiger partial charge on any atom is -0.279 e. The van der Waals surface area contributed by atoms with E-state index in [-0.39, 0.29) is 10.6 Å². The molecule has 0 fully saturated rings. The maximum atomic E-state index is 11.9. The van der Waals surface area contributed by atoms with Crippen LogP contribution in [-0.4, -0.2) is 13.3 Å². The summed E-state index contributed by atoms with van der Waals surface area (Å²) in [4.78, 5) is 9.82. The van der Waals surface area contributed by atoms with Crippen LogP contribution in [0.2, 0.25) is 0 Å². The van der Waals surface area contributed by atoms with Gasteiger partial charge in [0.05, 0.1) is 15.5 Å². The van der Waals surface area contributed by atoms with Crippen molar-refractivity contribution in [1.29, 1.82) is 0 Å². The molecule has 1 heterocycles. The highest BCUT2D eigenvalue weighted by Gasteiger charge is 2.17. The zero-order valence-corrected chi connectivity index (χ0v) is 10.6. The Morgan fingerprint density at radius 2 is 2.06 bits per heavy atom. The fourth-order valence-corrected chi connectivity index (χ4v) is 3.05. The first-order valence-electron chi connectivity index (χ1n) is 4.78. The maximum absolute atomic E-state index is 11.9. The average molecular weight is 284 g/mol. The van der Waals surface area contributed by atoms with E-state index in [0.29, 0.717) is 5.69 Å². The number of anilines is 1. The number of rotatable bonds is 4. The van der Waals surface area contributed by atoms with Crippen molar-refractivity contribution in [2.45, 2.75) is 4.90 Å². The minimum absolute atomic E-state index is 0.136. The van der Waals surface area contributed by atoms with Gasteiger partial charge in [0.15, 0.2) is 0 Å². The zero-order valence-electron chi connectivity index (χ0n) is 8.94. The van der Waals surface area contributed by atoms with E-state index in [2.05, 4.69) is 4.72 Å². The Bertz CT molecular complexity index is 665. The summed E-state index contributed by atoms with van der Waals surface area (Å²) in [7, 11) is -3.79. The lowest BCUT2D eigenvalue weighted by atomic mass is 10.3. The van der Waals surface area contributed by atoms with Crippen LogP contribution >= 0.6 is 11.3 Å². The fourth-order valence-electron chi connectivity index (χ4n) is 1.30. The summed E-state index contributed by atoms with van der Waals surface area (Å²) in [6, 6.07) is 6.51. The van der Waals surface area contributed by atoms with Gasteiger partial charge in [-0.25, -0.2) is 8.42 Å². The second kappa shape index (κ2) is 4.75. The van der Waals surface area contributed by atoms with Gasteiger partial charge in [-0.1, -0.05) is 6.07 Å². The van der Waals surface area contributed by atoms with Gasteiger partial charge in [0, 0.05) is 17.5 Å². The molecule has 0 aliphatic heterocycles. The molecule has 0 unspecified atom stereocenters. The molecule has 8 heteroatoms. The standard InChI is InChI=1S/C10H8N2O4S2/c13-12(14)9-2-1-3-10(6-9)18(15,16)11-8-4-5-17-7-8/h1-7,11H. The molecule has 18 heavy (non-hydrogen) atoms. The maximum Gasteiger partial charge on any atom is 0.270 e. The van der Waals surface area contributed by atoms with Crippen LogP contribution in [0.4, 0.5) is 11.4 Å². The van der Waals surface area contributed by atoms with Crippen LogP contribution in [-0.2, 0) is 10.0 Å². The lowest BCUT2D eigenvalue weighted by Gasteiger charge is -2.05. The van der Waals surface area contributed by atoms with Crippen molar-refractivity contribution in [3.63, 3.8) is 0 Å². The highest BCUT2D eigenvalue weighted by Crippen LogP contribution is 2.21. The number of hydrogen-bond donors (Lipinski definition) is 1. The van der Waals surface area contributed by atoms with E-state index in [1.807, 2.05) is 0 Å². The van der Waals surface area contributed by atoms with E-state index in [4.69, 9.17) is 0 Å². The Morgan fingerprint density at radius 3 is 2.67 bits per heavy atom. The fraction of sp³-hybridized carbons (Fsp3) is 0. The monoisotopic (exact) mass is 284 g/mol. The summed E-state index contributed by atoms with van der Waals surface area (Å²) in [5, 5.41) is 14.0. The van der Waals surface area contributed by atoms with Crippen LogP contribution < -0.4 is 4.72 Å². The molecule has 0 radical (unpaired) electrons. The second-order valence-electron chi connectivity index (χ2n) is 3.37. The zero-order chi connectivity index (χ0) is 13.2. The number of thiophene rings is 1. The molecule has 0 bridgehead atoms. The van der Waals surface area contributed by atoms with Gasteiger partial charge in [-0.3, -0.25) is 14.8 Å². The Hall–Kier alpha value is -1.93. The van der Waals surface area contributed by atoms with Crippen LogP contribution in [0.15, 0.2) is 46.0 Å². The quantitative estimate of drug-likeness (QED) is 0.689. The van der Waals surface area contributed by atoms with E-state index in [9.17, 15) is 18.5 Å². The highest BCUT2D eigenvalue weighted by molar-refractivity contribution is 7.92. The van der Waals surface area contributed by atoms with Gasteiger partial charge in [0.1, 0.15) is 0 Å². The Kier molecular flexibility index (Phi) is 3.30. The van der Waals surface area contributed by atoms with Crippen molar-refractivity contribution in [2.75, 3.05) is 4.72 Å². The number of benzene rings is 1. The van der Waals surface area contributed by atoms with Gasteiger partial charge in [-0.15, -0.1) is 0 Å². The molecule has 94 valence electrons. The third kappa shape index (κ3) is 2.66. The van der Waals surface area contributed by atoms with Crippen LogP contribution in [0.5, 0.6) is 0 Å². The van der Waals surface area contributed by atoms with Gasteiger partial charge in [0.25, 0.3) is 15.7 Å². The number of nitrogens with zero attached hydrogens (tertiary/aromatic N) is 1. The molecular weight excluding hydrogens is 276 g/mol. The topological polar surface area (TPSA) is 89.3 Å². The summed E-state index contributed by atoms with van der Waals surface area (Å²) in [5.74, 6) is 0. The molecule has 0 aliphatic carbocycles. The predicted octanol–water partition coefficient (Wildman–Crippen LogP) is 2.46. The van der Waals surface area contributed by atoms with E-state index in [0.717, 1.165) is 6.07 Å². The molecule has 0 saturated carbocycles. The first kappa shape index (κ1) is 12.5. The molecule has 6 nitrogen and oxygen atoms in total. The molecule has 0 aliphatic rings. The molecule has 1 aromatic carbocycles.